The average Bonchev–Trinajstić information content (AvgIpc) is 2.35. The number of nitrogens with two attached hydrogens (primary N) is 1. The van der Waals surface area contributed by atoms with Gasteiger partial charge in [0.15, 0.2) is 9.84 Å². The van der Waals surface area contributed by atoms with E-state index in [2.05, 4.69) is 6.92 Å². The van der Waals surface area contributed by atoms with Crippen LogP contribution in [0.5, 0.6) is 0 Å². The lowest BCUT2D eigenvalue weighted by molar-refractivity contribution is -0.133. The second-order valence-electron chi connectivity index (χ2n) is 5.82. The van der Waals surface area contributed by atoms with Crippen molar-refractivity contribution in [3.8, 4) is 0 Å². The monoisotopic (exact) mass is 304 g/mol. The van der Waals surface area contributed by atoms with Crippen LogP contribution in [0, 0.1) is 5.92 Å². The van der Waals surface area contributed by atoms with Gasteiger partial charge in [-0.05, 0) is 32.2 Å². The maximum absolute atomic E-state index is 12.2. The molecule has 20 heavy (non-hydrogen) atoms. The molecule has 2 unspecified atom stereocenters. The fourth-order valence-electron chi connectivity index (χ4n) is 2.92. The van der Waals surface area contributed by atoms with Crippen LogP contribution in [0.25, 0.3) is 0 Å². The Bertz CT molecular complexity index is 403. The molecule has 1 amide bonds. The summed E-state index contributed by atoms with van der Waals surface area (Å²) in [6, 6.07) is -0.194. The summed E-state index contributed by atoms with van der Waals surface area (Å²) in [4.78, 5) is 14.0. The number of sulfone groups is 1. The SMILES string of the molecule is CCCC(CCN)CCC(=O)N1CCS(=O)(=O)CC1C. The molecule has 1 fully saturated rings. The molecule has 0 aromatic heterocycles. The number of carbonyl (C=O) groups is 1. The molecule has 118 valence electrons. The summed E-state index contributed by atoms with van der Waals surface area (Å²) in [5.74, 6) is 0.799. The minimum atomic E-state index is -2.96. The zero-order valence-corrected chi connectivity index (χ0v) is 13.5. The molecule has 0 radical (unpaired) electrons. The summed E-state index contributed by atoms with van der Waals surface area (Å²) >= 11 is 0. The van der Waals surface area contributed by atoms with Crippen LogP contribution in [-0.4, -0.2) is 49.9 Å². The first-order chi connectivity index (χ1) is 9.39. The molecule has 0 aromatic carbocycles. The van der Waals surface area contributed by atoms with Gasteiger partial charge in [-0.3, -0.25) is 4.79 Å². The third kappa shape index (κ3) is 5.40. The van der Waals surface area contributed by atoms with E-state index in [9.17, 15) is 13.2 Å². The van der Waals surface area contributed by atoms with Crippen molar-refractivity contribution < 1.29 is 13.2 Å². The number of carbonyl (C=O) groups excluding carboxylic acids is 1. The van der Waals surface area contributed by atoms with Gasteiger partial charge in [0.1, 0.15) is 0 Å². The second kappa shape index (κ2) is 7.98. The van der Waals surface area contributed by atoms with Crippen LogP contribution in [0.2, 0.25) is 0 Å². The minimum absolute atomic E-state index is 0.0884. The van der Waals surface area contributed by atoms with Gasteiger partial charge < -0.3 is 10.6 Å². The molecule has 0 saturated carbocycles. The zero-order valence-electron chi connectivity index (χ0n) is 12.7. The first kappa shape index (κ1) is 17.4. The number of hydrogen-bond donors (Lipinski definition) is 1. The summed E-state index contributed by atoms with van der Waals surface area (Å²) in [5.41, 5.74) is 5.60. The Labute approximate surface area is 122 Å². The van der Waals surface area contributed by atoms with E-state index in [1.54, 1.807) is 4.90 Å². The summed E-state index contributed by atoms with van der Waals surface area (Å²) in [6.07, 6.45) is 4.55. The maximum atomic E-state index is 12.2. The van der Waals surface area contributed by atoms with Crippen molar-refractivity contribution >= 4 is 15.7 Å². The Morgan fingerprint density at radius 3 is 2.60 bits per heavy atom. The normalized spacial score (nSPS) is 23.6. The predicted molar refractivity (Wildman–Crippen MR) is 81.1 cm³/mol. The lowest BCUT2D eigenvalue weighted by atomic mass is 9.94. The number of amides is 1. The Morgan fingerprint density at radius 1 is 1.35 bits per heavy atom. The highest BCUT2D eigenvalue weighted by atomic mass is 32.2. The predicted octanol–water partition coefficient (Wildman–Crippen LogP) is 1.18. The highest BCUT2D eigenvalue weighted by molar-refractivity contribution is 7.91. The average molecular weight is 304 g/mol. The van der Waals surface area contributed by atoms with Crippen molar-refractivity contribution in [2.45, 2.75) is 52.0 Å². The Kier molecular flexibility index (Phi) is 6.95. The number of rotatable bonds is 7. The van der Waals surface area contributed by atoms with E-state index in [0.717, 1.165) is 25.7 Å². The van der Waals surface area contributed by atoms with Crippen LogP contribution in [0.1, 0.15) is 46.0 Å². The van der Waals surface area contributed by atoms with Crippen molar-refractivity contribution in [2.24, 2.45) is 11.7 Å². The van der Waals surface area contributed by atoms with Gasteiger partial charge in [0.2, 0.25) is 5.91 Å². The fraction of sp³-hybridized carbons (Fsp3) is 0.929. The molecule has 0 aliphatic carbocycles. The molecular weight excluding hydrogens is 276 g/mol. The molecule has 2 N–H and O–H groups in total. The fourth-order valence-corrected chi connectivity index (χ4v) is 4.47. The van der Waals surface area contributed by atoms with Gasteiger partial charge >= 0.3 is 0 Å². The highest BCUT2D eigenvalue weighted by Crippen LogP contribution is 2.19. The molecule has 0 aromatic rings. The van der Waals surface area contributed by atoms with Crippen molar-refractivity contribution in [3.63, 3.8) is 0 Å². The molecule has 5 nitrogen and oxygen atoms in total. The summed E-state index contributed by atoms with van der Waals surface area (Å²) < 4.78 is 23.0. The van der Waals surface area contributed by atoms with Crippen molar-refractivity contribution in [3.05, 3.63) is 0 Å². The van der Waals surface area contributed by atoms with Gasteiger partial charge in [0.25, 0.3) is 0 Å². The molecule has 1 saturated heterocycles. The van der Waals surface area contributed by atoms with Crippen LogP contribution < -0.4 is 5.73 Å². The third-order valence-electron chi connectivity index (χ3n) is 4.03. The highest BCUT2D eigenvalue weighted by Gasteiger charge is 2.30. The van der Waals surface area contributed by atoms with Gasteiger partial charge in [-0.15, -0.1) is 0 Å². The van der Waals surface area contributed by atoms with Gasteiger partial charge in [-0.2, -0.15) is 0 Å². The topological polar surface area (TPSA) is 80.5 Å². The largest absolute Gasteiger partial charge is 0.338 e. The Morgan fingerprint density at radius 2 is 2.05 bits per heavy atom. The summed E-state index contributed by atoms with van der Waals surface area (Å²) in [6.45, 7) is 4.97. The Hall–Kier alpha value is -0.620. The lowest BCUT2D eigenvalue weighted by Crippen LogP contribution is -2.49. The van der Waals surface area contributed by atoms with Crippen LogP contribution in [-0.2, 0) is 14.6 Å². The summed E-state index contributed by atoms with van der Waals surface area (Å²) in [5, 5.41) is 0. The van der Waals surface area contributed by atoms with Crippen LogP contribution in [0.3, 0.4) is 0 Å². The number of hydrogen-bond acceptors (Lipinski definition) is 4. The Balaban J connectivity index is 2.46. The van der Waals surface area contributed by atoms with Crippen LogP contribution in [0.15, 0.2) is 0 Å². The quantitative estimate of drug-likeness (QED) is 0.766. The minimum Gasteiger partial charge on any atom is -0.338 e. The van der Waals surface area contributed by atoms with E-state index < -0.39 is 9.84 Å². The maximum Gasteiger partial charge on any atom is 0.222 e. The van der Waals surface area contributed by atoms with E-state index in [0.29, 0.717) is 25.4 Å². The second-order valence-corrected chi connectivity index (χ2v) is 8.05. The van der Waals surface area contributed by atoms with E-state index in [1.807, 2.05) is 6.92 Å². The van der Waals surface area contributed by atoms with Gasteiger partial charge in [-0.1, -0.05) is 19.8 Å². The van der Waals surface area contributed by atoms with E-state index in [1.165, 1.54) is 0 Å². The molecule has 1 rings (SSSR count). The third-order valence-corrected chi connectivity index (χ3v) is 5.82. The zero-order chi connectivity index (χ0) is 15.2. The summed E-state index contributed by atoms with van der Waals surface area (Å²) in [7, 11) is -2.96. The standard InChI is InChI=1S/C14H28N2O3S/c1-3-4-13(7-8-15)5-6-14(17)16-9-10-20(18,19)11-12(16)2/h12-13H,3-11,15H2,1-2H3. The molecule has 2 atom stereocenters. The lowest BCUT2D eigenvalue weighted by Gasteiger charge is -2.33. The number of nitrogens with zero attached hydrogens (tertiary/aromatic N) is 1. The van der Waals surface area contributed by atoms with E-state index >= 15 is 0 Å². The van der Waals surface area contributed by atoms with Crippen LogP contribution >= 0.6 is 0 Å². The molecule has 1 aliphatic heterocycles. The van der Waals surface area contributed by atoms with Gasteiger partial charge in [0, 0.05) is 19.0 Å². The van der Waals surface area contributed by atoms with E-state index in [4.69, 9.17) is 5.73 Å². The molecule has 6 heteroatoms. The smallest absolute Gasteiger partial charge is 0.222 e. The van der Waals surface area contributed by atoms with Gasteiger partial charge in [-0.25, -0.2) is 8.42 Å². The molecule has 1 heterocycles. The molecule has 0 bridgehead atoms. The molecule has 0 spiro atoms. The van der Waals surface area contributed by atoms with Gasteiger partial charge in [0.05, 0.1) is 11.5 Å². The van der Waals surface area contributed by atoms with Crippen molar-refractivity contribution in [1.82, 2.24) is 4.90 Å². The first-order valence-corrected chi connectivity index (χ1v) is 9.41. The van der Waals surface area contributed by atoms with E-state index in [-0.39, 0.29) is 23.5 Å². The molecular formula is C14H28N2O3S. The molecule has 1 aliphatic rings. The van der Waals surface area contributed by atoms with Crippen molar-refractivity contribution in [2.75, 3.05) is 24.6 Å². The first-order valence-electron chi connectivity index (χ1n) is 7.59. The van der Waals surface area contributed by atoms with Crippen molar-refractivity contribution in [1.29, 1.82) is 0 Å². The van der Waals surface area contributed by atoms with Crippen LogP contribution in [0.4, 0.5) is 0 Å².